The van der Waals surface area contributed by atoms with E-state index in [0.717, 1.165) is 6.07 Å². The van der Waals surface area contributed by atoms with Gasteiger partial charge in [0.05, 0.1) is 5.56 Å². The molecule has 7 heteroatoms. The van der Waals surface area contributed by atoms with Gasteiger partial charge in [-0.1, -0.05) is 15.9 Å². The van der Waals surface area contributed by atoms with Crippen molar-refractivity contribution in [2.24, 2.45) is 0 Å². The number of hydrogen-bond donors (Lipinski definition) is 1. The Morgan fingerprint density at radius 1 is 1.25 bits per heavy atom. The van der Waals surface area contributed by atoms with Gasteiger partial charge in [-0.3, -0.25) is 4.79 Å². The molecule has 1 N–H and O–H groups in total. The SMILES string of the molecule is O=C(O)C(=O)c1ccc(Br)cc1C(F)(F)F. The lowest BCUT2D eigenvalue weighted by Crippen LogP contribution is -2.19. The number of ketones is 1. The molecule has 86 valence electrons. The summed E-state index contributed by atoms with van der Waals surface area (Å²) < 4.78 is 37.6. The number of Topliss-reactive ketones (excluding diaryl/α,β-unsaturated/α-hetero) is 1. The first-order valence-corrected chi connectivity index (χ1v) is 4.67. The summed E-state index contributed by atoms with van der Waals surface area (Å²) in [5.41, 5.74) is -2.14. The molecule has 16 heavy (non-hydrogen) atoms. The van der Waals surface area contributed by atoms with Gasteiger partial charge in [-0.15, -0.1) is 0 Å². The molecule has 0 radical (unpaired) electrons. The lowest BCUT2D eigenvalue weighted by atomic mass is 10.0. The van der Waals surface area contributed by atoms with Crippen LogP contribution in [0.1, 0.15) is 15.9 Å². The summed E-state index contributed by atoms with van der Waals surface area (Å²) in [6, 6.07) is 2.66. The van der Waals surface area contributed by atoms with E-state index in [1.165, 1.54) is 6.07 Å². The first kappa shape index (κ1) is 12.7. The first-order valence-electron chi connectivity index (χ1n) is 3.88. The van der Waals surface area contributed by atoms with Crippen LogP contribution in [0.4, 0.5) is 13.2 Å². The van der Waals surface area contributed by atoms with Crippen molar-refractivity contribution in [1.82, 2.24) is 0 Å². The Labute approximate surface area is 96.0 Å². The van der Waals surface area contributed by atoms with Gasteiger partial charge in [0.1, 0.15) is 0 Å². The van der Waals surface area contributed by atoms with Crippen molar-refractivity contribution in [2.75, 3.05) is 0 Å². The molecular formula is C9H4BrF3O3. The molecule has 0 saturated heterocycles. The zero-order valence-electron chi connectivity index (χ0n) is 7.51. The van der Waals surface area contributed by atoms with Crippen molar-refractivity contribution in [3.8, 4) is 0 Å². The minimum Gasteiger partial charge on any atom is -0.475 e. The maximum absolute atomic E-state index is 12.5. The molecule has 0 aliphatic rings. The number of rotatable bonds is 2. The van der Waals surface area contributed by atoms with Gasteiger partial charge in [0, 0.05) is 10.0 Å². The van der Waals surface area contributed by atoms with E-state index < -0.39 is 29.1 Å². The van der Waals surface area contributed by atoms with Crippen LogP contribution in [0.3, 0.4) is 0 Å². The molecule has 0 bridgehead atoms. The van der Waals surface area contributed by atoms with Crippen LogP contribution in [0.2, 0.25) is 0 Å². The van der Waals surface area contributed by atoms with Crippen molar-refractivity contribution < 1.29 is 27.9 Å². The molecule has 0 amide bonds. The number of benzene rings is 1. The number of carboxylic acids is 1. The van der Waals surface area contributed by atoms with Crippen molar-refractivity contribution in [3.63, 3.8) is 0 Å². The van der Waals surface area contributed by atoms with Gasteiger partial charge in [0.15, 0.2) is 0 Å². The van der Waals surface area contributed by atoms with E-state index in [0.29, 0.717) is 6.07 Å². The lowest BCUT2D eigenvalue weighted by molar-refractivity contribution is -0.138. The second-order valence-corrected chi connectivity index (χ2v) is 3.74. The highest BCUT2D eigenvalue weighted by Gasteiger charge is 2.36. The highest BCUT2D eigenvalue weighted by molar-refractivity contribution is 9.10. The second-order valence-electron chi connectivity index (χ2n) is 2.82. The summed E-state index contributed by atoms with van der Waals surface area (Å²) >= 11 is 2.82. The number of carbonyl (C=O) groups excluding carboxylic acids is 1. The third kappa shape index (κ3) is 2.60. The predicted octanol–water partition coefficient (Wildman–Crippen LogP) is 2.74. The van der Waals surface area contributed by atoms with Crippen LogP contribution >= 0.6 is 15.9 Å². The molecular weight excluding hydrogens is 293 g/mol. The molecule has 0 spiro atoms. The average molecular weight is 297 g/mol. The summed E-state index contributed by atoms with van der Waals surface area (Å²) in [5.74, 6) is -3.51. The normalized spacial score (nSPS) is 11.2. The van der Waals surface area contributed by atoms with Crippen LogP contribution in [0.25, 0.3) is 0 Å². The summed E-state index contributed by atoms with van der Waals surface area (Å²) in [5, 5.41) is 8.37. The highest BCUT2D eigenvalue weighted by atomic mass is 79.9. The molecule has 1 rings (SSSR count). The molecule has 1 aromatic carbocycles. The molecule has 0 aliphatic heterocycles. The predicted molar refractivity (Wildman–Crippen MR) is 51.1 cm³/mol. The fourth-order valence-corrected chi connectivity index (χ4v) is 1.43. The number of halogens is 4. The van der Waals surface area contributed by atoms with E-state index in [9.17, 15) is 22.8 Å². The molecule has 0 atom stereocenters. The average Bonchev–Trinajstić information content (AvgIpc) is 2.15. The fraction of sp³-hybridized carbons (Fsp3) is 0.111. The van der Waals surface area contributed by atoms with Crippen molar-refractivity contribution in [3.05, 3.63) is 33.8 Å². The third-order valence-corrected chi connectivity index (χ3v) is 2.22. The van der Waals surface area contributed by atoms with Gasteiger partial charge in [0.25, 0.3) is 5.78 Å². The molecule has 1 aromatic rings. The summed E-state index contributed by atoms with van der Waals surface area (Å²) in [7, 11) is 0. The summed E-state index contributed by atoms with van der Waals surface area (Å²) in [6.45, 7) is 0. The molecule has 0 aromatic heterocycles. The lowest BCUT2D eigenvalue weighted by Gasteiger charge is -2.10. The van der Waals surface area contributed by atoms with Crippen molar-refractivity contribution >= 4 is 27.7 Å². The van der Waals surface area contributed by atoms with Gasteiger partial charge in [-0.25, -0.2) is 4.79 Å². The van der Waals surface area contributed by atoms with Crippen LogP contribution in [-0.2, 0) is 11.0 Å². The fourth-order valence-electron chi connectivity index (χ4n) is 1.06. The monoisotopic (exact) mass is 296 g/mol. The van der Waals surface area contributed by atoms with Gasteiger partial charge in [-0.2, -0.15) is 13.2 Å². The quantitative estimate of drug-likeness (QED) is 0.674. The summed E-state index contributed by atoms with van der Waals surface area (Å²) in [4.78, 5) is 21.3. The standard InChI is InChI=1S/C9H4BrF3O3/c10-4-1-2-5(7(14)8(15)16)6(3-4)9(11,12)13/h1-3H,(H,15,16). The van der Waals surface area contributed by atoms with Crippen LogP contribution in [0.15, 0.2) is 22.7 Å². The number of aliphatic carboxylic acids is 1. The topological polar surface area (TPSA) is 54.4 Å². The van der Waals surface area contributed by atoms with Crippen LogP contribution in [-0.4, -0.2) is 16.9 Å². The molecule has 0 fully saturated rings. The van der Waals surface area contributed by atoms with Crippen LogP contribution in [0.5, 0.6) is 0 Å². The minimum atomic E-state index is -4.77. The Morgan fingerprint density at radius 2 is 1.81 bits per heavy atom. The molecule has 3 nitrogen and oxygen atoms in total. The zero-order chi connectivity index (χ0) is 12.5. The zero-order valence-corrected chi connectivity index (χ0v) is 9.09. The number of carbonyl (C=O) groups is 2. The Morgan fingerprint density at radius 3 is 2.25 bits per heavy atom. The van der Waals surface area contributed by atoms with E-state index in [4.69, 9.17) is 5.11 Å². The van der Waals surface area contributed by atoms with Gasteiger partial charge in [0.2, 0.25) is 0 Å². The van der Waals surface area contributed by atoms with Gasteiger partial charge in [-0.05, 0) is 18.2 Å². The largest absolute Gasteiger partial charge is 0.475 e. The van der Waals surface area contributed by atoms with Crippen LogP contribution < -0.4 is 0 Å². The van der Waals surface area contributed by atoms with Gasteiger partial charge >= 0.3 is 12.1 Å². The van der Waals surface area contributed by atoms with E-state index >= 15 is 0 Å². The Balaban J connectivity index is 3.40. The van der Waals surface area contributed by atoms with Gasteiger partial charge < -0.3 is 5.11 Å². The van der Waals surface area contributed by atoms with E-state index in [1.54, 1.807) is 0 Å². The number of carboxylic acid groups (broad SMARTS) is 1. The number of alkyl halides is 3. The Hall–Kier alpha value is -1.37. The van der Waals surface area contributed by atoms with Crippen molar-refractivity contribution in [2.45, 2.75) is 6.18 Å². The smallest absolute Gasteiger partial charge is 0.417 e. The van der Waals surface area contributed by atoms with E-state index in [1.807, 2.05) is 0 Å². The molecule has 0 saturated carbocycles. The van der Waals surface area contributed by atoms with E-state index in [2.05, 4.69) is 15.9 Å². The maximum Gasteiger partial charge on any atom is 0.417 e. The Bertz CT molecular complexity index is 454. The minimum absolute atomic E-state index is 0.113. The molecule has 0 aliphatic carbocycles. The Kier molecular flexibility index (Phi) is 3.37. The first-order chi connectivity index (χ1) is 7.23. The number of hydrogen-bond acceptors (Lipinski definition) is 2. The summed E-state index contributed by atoms with van der Waals surface area (Å²) in [6.07, 6.45) is -4.77. The second kappa shape index (κ2) is 4.25. The van der Waals surface area contributed by atoms with E-state index in [-0.39, 0.29) is 4.47 Å². The maximum atomic E-state index is 12.5. The third-order valence-electron chi connectivity index (χ3n) is 1.73. The van der Waals surface area contributed by atoms with Crippen LogP contribution in [0, 0.1) is 0 Å². The molecule has 0 unspecified atom stereocenters. The highest BCUT2D eigenvalue weighted by Crippen LogP contribution is 2.34. The molecule has 0 heterocycles. The van der Waals surface area contributed by atoms with Crippen molar-refractivity contribution in [1.29, 1.82) is 0 Å².